The third-order valence-electron chi connectivity index (χ3n) is 3.27. The monoisotopic (exact) mass is 254 g/mol. The standard InChI is InChI=1S/C15H18N4/c1-10-3-7-12(8-4-10)17-14-9-13(16-2)18-15(19-14)11-5-6-11/h3-4,7-9,11H,5-6H2,1-2H3,(H2,16,17,18,19). The smallest absolute Gasteiger partial charge is 0.136 e. The molecular weight excluding hydrogens is 236 g/mol. The van der Waals surface area contributed by atoms with Crippen LogP contribution in [0.5, 0.6) is 0 Å². The van der Waals surface area contributed by atoms with Crippen LogP contribution in [-0.2, 0) is 0 Å². The van der Waals surface area contributed by atoms with Crippen molar-refractivity contribution in [3.05, 3.63) is 41.7 Å². The Balaban J connectivity index is 1.86. The second-order valence-corrected chi connectivity index (χ2v) is 5.01. The largest absolute Gasteiger partial charge is 0.373 e. The highest BCUT2D eigenvalue weighted by Gasteiger charge is 2.27. The number of aryl methyl sites for hydroxylation is 1. The van der Waals surface area contributed by atoms with E-state index in [4.69, 9.17) is 0 Å². The summed E-state index contributed by atoms with van der Waals surface area (Å²) >= 11 is 0. The number of hydrogen-bond acceptors (Lipinski definition) is 4. The first-order chi connectivity index (χ1) is 9.24. The number of hydrogen-bond donors (Lipinski definition) is 2. The average Bonchev–Trinajstić information content (AvgIpc) is 3.25. The van der Waals surface area contributed by atoms with Crippen LogP contribution in [0, 0.1) is 6.92 Å². The van der Waals surface area contributed by atoms with Crippen molar-refractivity contribution in [2.45, 2.75) is 25.7 Å². The Bertz CT molecular complexity index is 573. The van der Waals surface area contributed by atoms with Gasteiger partial charge < -0.3 is 10.6 Å². The van der Waals surface area contributed by atoms with Gasteiger partial charge in [-0.1, -0.05) is 17.7 Å². The molecule has 3 rings (SSSR count). The normalized spacial score (nSPS) is 14.2. The molecule has 1 heterocycles. The van der Waals surface area contributed by atoms with Crippen molar-refractivity contribution in [3.8, 4) is 0 Å². The zero-order valence-corrected chi connectivity index (χ0v) is 11.3. The molecule has 1 aliphatic carbocycles. The number of aromatic nitrogens is 2. The van der Waals surface area contributed by atoms with E-state index in [0.717, 1.165) is 23.1 Å². The molecule has 2 aromatic rings. The first-order valence-electron chi connectivity index (χ1n) is 6.65. The molecule has 0 bridgehead atoms. The van der Waals surface area contributed by atoms with Crippen LogP contribution in [0.15, 0.2) is 30.3 Å². The maximum atomic E-state index is 4.60. The molecule has 1 saturated carbocycles. The van der Waals surface area contributed by atoms with Gasteiger partial charge in [-0.25, -0.2) is 9.97 Å². The van der Waals surface area contributed by atoms with Gasteiger partial charge in [0, 0.05) is 24.7 Å². The highest BCUT2D eigenvalue weighted by Crippen LogP contribution is 2.39. The lowest BCUT2D eigenvalue weighted by Crippen LogP contribution is -2.03. The van der Waals surface area contributed by atoms with E-state index in [0.29, 0.717) is 5.92 Å². The fourth-order valence-corrected chi connectivity index (χ4v) is 1.97. The van der Waals surface area contributed by atoms with Crippen molar-refractivity contribution in [2.75, 3.05) is 17.7 Å². The summed E-state index contributed by atoms with van der Waals surface area (Å²) in [5.74, 6) is 3.21. The Labute approximate surface area is 113 Å². The summed E-state index contributed by atoms with van der Waals surface area (Å²) in [4.78, 5) is 9.11. The molecule has 0 unspecified atom stereocenters. The molecule has 0 saturated heterocycles. The van der Waals surface area contributed by atoms with E-state index < -0.39 is 0 Å². The Morgan fingerprint density at radius 1 is 1.05 bits per heavy atom. The van der Waals surface area contributed by atoms with Gasteiger partial charge in [-0.2, -0.15) is 0 Å². The van der Waals surface area contributed by atoms with Crippen molar-refractivity contribution < 1.29 is 0 Å². The Morgan fingerprint density at radius 3 is 2.37 bits per heavy atom. The summed E-state index contributed by atoms with van der Waals surface area (Å²) in [7, 11) is 1.88. The van der Waals surface area contributed by atoms with Crippen LogP contribution in [0.4, 0.5) is 17.3 Å². The van der Waals surface area contributed by atoms with Crippen LogP contribution < -0.4 is 10.6 Å². The number of nitrogens with zero attached hydrogens (tertiary/aromatic N) is 2. The SMILES string of the molecule is CNc1cc(Nc2ccc(C)cc2)nc(C2CC2)n1. The quantitative estimate of drug-likeness (QED) is 0.877. The van der Waals surface area contributed by atoms with E-state index in [1.807, 2.05) is 13.1 Å². The molecule has 0 atom stereocenters. The third kappa shape index (κ3) is 2.84. The molecule has 1 aliphatic rings. The number of nitrogens with one attached hydrogen (secondary N) is 2. The zero-order chi connectivity index (χ0) is 13.2. The molecule has 0 aliphatic heterocycles. The van der Waals surface area contributed by atoms with Crippen molar-refractivity contribution in [1.29, 1.82) is 0 Å². The summed E-state index contributed by atoms with van der Waals surface area (Å²) in [6, 6.07) is 10.2. The minimum absolute atomic E-state index is 0.548. The van der Waals surface area contributed by atoms with Gasteiger partial charge in [0.2, 0.25) is 0 Å². The van der Waals surface area contributed by atoms with Crippen molar-refractivity contribution in [1.82, 2.24) is 9.97 Å². The first kappa shape index (κ1) is 12.0. The van der Waals surface area contributed by atoms with Gasteiger partial charge in [-0.15, -0.1) is 0 Å². The van der Waals surface area contributed by atoms with Gasteiger partial charge in [0.25, 0.3) is 0 Å². The predicted octanol–water partition coefficient (Wildman–Crippen LogP) is 3.45. The maximum absolute atomic E-state index is 4.60. The minimum Gasteiger partial charge on any atom is -0.373 e. The van der Waals surface area contributed by atoms with E-state index in [2.05, 4.69) is 51.8 Å². The lowest BCUT2D eigenvalue weighted by molar-refractivity contribution is 0.932. The third-order valence-corrected chi connectivity index (χ3v) is 3.27. The summed E-state index contributed by atoms with van der Waals surface area (Å²) in [6.07, 6.45) is 2.41. The molecule has 0 spiro atoms. The van der Waals surface area contributed by atoms with E-state index in [1.165, 1.54) is 18.4 Å². The van der Waals surface area contributed by atoms with Crippen LogP contribution in [0.2, 0.25) is 0 Å². The number of rotatable bonds is 4. The van der Waals surface area contributed by atoms with Crippen molar-refractivity contribution >= 4 is 17.3 Å². The molecule has 0 amide bonds. The van der Waals surface area contributed by atoms with Gasteiger partial charge >= 0.3 is 0 Å². The predicted molar refractivity (Wildman–Crippen MR) is 78.0 cm³/mol. The maximum Gasteiger partial charge on any atom is 0.136 e. The second kappa shape index (κ2) is 4.88. The van der Waals surface area contributed by atoms with Crippen molar-refractivity contribution in [3.63, 3.8) is 0 Å². The summed E-state index contributed by atoms with van der Waals surface area (Å²) < 4.78 is 0. The van der Waals surface area contributed by atoms with Gasteiger partial charge in [-0.05, 0) is 31.9 Å². The van der Waals surface area contributed by atoms with Crippen LogP contribution in [-0.4, -0.2) is 17.0 Å². The highest BCUT2D eigenvalue weighted by atomic mass is 15.1. The van der Waals surface area contributed by atoms with Crippen LogP contribution in [0.1, 0.15) is 30.1 Å². The van der Waals surface area contributed by atoms with Gasteiger partial charge in [0.05, 0.1) is 0 Å². The van der Waals surface area contributed by atoms with Crippen LogP contribution in [0.25, 0.3) is 0 Å². The molecule has 1 aromatic heterocycles. The number of anilines is 3. The van der Waals surface area contributed by atoms with Crippen molar-refractivity contribution in [2.24, 2.45) is 0 Å². The van der Waals surface area contributed by atoms with Gasteiger partial charge in [0.1, 0.15) is 17.5 Å². The summed E-state index contributed by atoms with van der Waals surface area (Å²) in [6.45, 7) is 2.08. The van der Waals surface area contributed by atoms with Crippen LogP contribution in [0.3, 0.4) is 0 Å². The molecule has 0 radical (unpaired) electrons. The fourth-order valence-electron chi connectivity index (χ4n) is 1.97. The van der Waals surface area contributed by atoms with Crippen LogP contribution >= 0.6 is 0 Å². The molecule has 1 aromatic carbocycles. The van der Waals surface area contributed by atoms with Gasteiger partial charge in [0.15, 0.2) is 0 Å². The Hall–Kier alpha value is -2.10. The highest BCUT2D eigenvalue weighted by molar-refractivity contribution is 5.59. The second-order valence-electron chi connectivity index (χ2n) is 5.01. The van der Waals surface area contributed by atoms with E-state index >= 15 is 0 Å². The lowest BCUT2D eigenvalue weighted by Gasteiger charge is -2.09. The Morgan fingerprint density at radius 2 is 1.74 bits per heavy atom. The van der Waals surface area contributed by atoms with E-state index in [9.17, 15) is 0 Å². The molecule has 98 valence electrons. The van der Waals surface area contributed by atoms with E-state index in [1.54, 1.807) is 0 Å². The lowest BCUT2D eigenvalue weighted by atomic mass is 10.2. The van der Waals surface area contributed by atoms with E-state index in [-0.39, 0.29) is 0 Å². The summed E-state index contributed by atoms with van der Waals surface area (Å²) in [5.41, 5.74) is 2.30. The Kier molecular flexibility index (Phi) is 3.07. The molecule has 1 fully saturated rings. The minimum atomic E-state index is 0.548. The molecule has 19 heavy (non-hydrogen) atoms. The number of benzene rings is 1. The zero-order valence-electron chi connectivity index (χ0n) is 11.3. The molecule has 4 nitrogen and oxygen atoms in total. The molecular formula is C15H18N4. The summed E-state index contributed by atoms with van der Waals surface area (Å²) in [5, 5.41) is 6.43. The average molecular weight is 254 g/mol. The molecule has 4 heteroatoms. The van der Waals surface area contributed by atoms with Gasteiger partial charge in [-0.3, -0.25) is 0 Å². The first-order valence-corrected chi connectivity index (χ1v) is 6.65. The topological polar surface area (TPSA) is 49.8 Å². The fraction of sp³-hybridized carbons (Fsp3) is 0.333. The molecule has 2 N–H and O–H groups in total.